The van der Waals surface area contributed by atoms with Crippen molar-refractivity contribution < 1.29 is 15.2 Å². The smallest absolute Gasteiger partial charge is 0.490 e. The molecule has 6 heteroatoms. The third-order valence-corrected chi connectivity index (χ3v) is 3.92. The molecule has 0 fully saturated rings. The number of aromatic hydroxyl groups is 1. The highest BCUT2D eigenvalue weighted by Gasteiger charge is 2.18. The Bertz CT molecular complexity index is 483. The van der Waals surface area contributed by atoms with Crippen molar-refractivity contribution in [1.29, 1.82) is 0 Å². The zero-order valence-corrected chi connectivity index (χ0v) is 9.34. The molecule has 0 bridgehead atoms. The van der Waals surface area contributed by atoms with Gasteiger partial charge in [0.1, 0.15) is 5.75 Å². The summed E-state index contributed by atoms with van der Waals surface area (Å²) in [6, 6.07) is 2.94. The minimum atomic E-state index is -1.56. The third kappa shape index (κ3) is 1.54. The van der Waals surface area contributed by atoms with E-state index in [0.717, 1.165) is 14.6 Å². The first kappa shape index (κ1) is 9.98. The Morgan fingerprint density at radius 3 is 2.64 bits per heavy atom. The molecule has 0 radical (unpaired) electrons. The molecule has 0 aliphatic carbocycles. The minimum absolute atomic E-state index is 0.0275. The van der Waals surface area contributed by atoms with Gasteiger partial charge in [0.05, 0.1) is 0 Å². The number of hydrogen-bond donors (Lipinski definition) is 3. The number of rotatable bonds is 1. The topological polar surface area (TPSA) is 60.7 Å². The lowest BCUT2D eigenvalue weighted by Gasteiger charge is -2.02. The van der Waals surface area contributed by atoms with E-state index in [1.165, 1.54) is 17.4 Å². The number of phenols is 1. The molecule has 0 atom stereocenters. The zero-order valence-electron chi connectivity index (χ0n) is 6.94. The summed E-state index contributed by atoms with van der Waals surface area (Å²) in [5, 5.41) is 30.2. The molecule has 0 saturated heterocycles. The van der Waals surface area contributed by atoms with E-state index in [4.69, 9.17) is 10.0 Å². The highest BCUT2D eigenvalue weighted by Crippen LogP contribution is 2.31. The van der Waals surface area contributed by atoms with Gasteiger partial charge in [-0.25, -0.2) is 0 Å². The van der Waals surface area contributed by atoms with Crippen LogP contribution in [0.4, 0.5) is 0 Å². The standard InChI is InChI=1S/C8H6BBrO3S/c10-7-3-14-8-5(7)1-4(11)2-6(8)9(12)13/h1-3,11-13H. The van der Waals surface area contributed by atoms with Gasteiger partial charge >= 0.3 is 7.12 Å². The molecule has 0 aliphatic rings. The molecule has 72 valence electrons. The molecule has 0 spiro atoms. The summed E-state index contributed by atoms with van der Waals surface area (Å²) in [7, 11) is -1.56. The van der Waals surface area contributed by atoms with Crippen LogP contribution < -0.4 is 5.46 Å². The highest BCUT2D eigenvalue weighted by molar-refractivity contribution is 9.10. The van der Waals surface area contributed by atoms with Crippen molar-refractivity contribution in [3.05, 3.63) is 22.0 Å². The van der Waals surface area contributed by atoms with E-state index in [9.17, 15) is 5.11 Å². The molecule has 0 unspecified atom stereocenters. The van der Waals surface area contributed by atoms with Crippen molar-refractivity contribution in [2.24, 2.45) is 0 Å². The van der Waals surface area contributed by atoms with Crippen molar-refractivity contribution in [2.45, 2.75) is 0 Å². The van der Waals surface area contributed by atoms with E-state index >= 15 is 0 Å². The fraction of sp³-hybridized carbons (Fsp3) is 0. The summed E-state index contributed by atoms with van der Waals surface area (Å²) in [5.41, 5.74) is 0.329. The average Bonchev–Trinajstić information content (AvgIpc) is 2.47. The van der Waals surface area contributed by atoms with Crippen LogP contribution >= 0.6 is 27.3 Å². The number of fused-ring (bicyclic) bond motifs is 1. The van der Waals surface area contributed by atoms with Crippen LogP contribution in [0.25, 0.3) is 10.1 Å². The second-order valence-corrected chi connectivity index (χ2v) is 4.60. The maximum Gasteiger partial charge on any atom is 0.490 e. The minimum Gasteiger partial charge on any atom is -0.508 e. The van der Waals surface area contributed by atoms with E-state index in [0.29, 0.717) is 5.46 Å². The van der Waals surface area contributed by atoms with Gasteiger partial charge in [-0.3, -0.25) is 0 Å². The summed E-state index contributed by atoms with van der Waals surface area (Å²) < 4.78 is 1.61. The van der Waals surface area contributed by atoms with Gasteiger partial charge in [-0.15, -0.1) is 11.3 Å². The molecule has 14 heavy (non-hydrogen) atoms. The second-order valence-electron chi connectivity index (χ2n) is 2.87. The van der Waals surface area contributed by atoms with Gasteiger partial charge in [-0.05, 0) is 28.1 Å². The lowest BCUT2D eigenvalue weighted by Crippen LogP contribution is -2.29. The van der Waals surface area contributed by atoms with Gasteiger partial charge in [-0.2, -0.15) is 0 Å². The maximum absolute atomic E-state index is 9.36. The van der Waals surface area contributed by atoms with Crippen LogP contribution in [-0.2, 0) is 0 Å². The fourth-order valence-corrected chi connectivity index (χ4v) is 2.98. The number of phenolic OH excluding ortho intramolecular Hbond substituents is 1. The molecule has 3 nitrogen and oxygen atoms in total. The van der Waals surface area contributed by atoms with E-state index in [1.807, 2.05) is 5.38 Å². The van der Waals surface area contributed by atoms with Gasteiger partial charge in [0.2, 0.25) is 0 Å². The van der Waals surface area contributed by atoms with Gasteiger partial charge in [0.15, 0.2) is 0 Å². The van der Waals surface area contributed by atoms with Crippen molar-refractivity contribution in [3.63, 3.8) is 0 Å². The van der Waals surface area contributed by atoms with Crippen LogP contribution in [0.5, 0.6) is 5.75 Å². The number of thiophene rings is 1. The first-order valence-corrected chi connectivity index (χ1v) is 5.52. The molecule has 0 saturated carbocycles. The van der Waals surface area contributed by atoms with Gasteiger partial charge in [-0.1, -0.05) is 0 Å². The average molecular weight is 273 g/mol. The van der Waals surface area contributed by atoms with Crippen LogP contribution in [-0.4, -0.2) is 22.3 Å². The summed E-state index contributed by atoms with van der Waals surface area (Å²) in [6.45, 7) is 0. The molecule has 1 heterocycles. The predicted octanol–water partition coefficient (Wildman–Crippen LogP) is 1.05. The lowest BCUT2D eigenvalue weighted by molar-refractivity contribution is 0.425. The van der Waals surface area contributed by atoms with Crippen LogP contribution in [0.2, 0.25) is 0 Å². The first-order valence-electron chi connectivity index (χ1n) is 3.85. The van der Waals surface area contributed by atoms with E-state index in [-0.39, 0.29) is 5.75 Å². The molecule has 2 aromatic rings. The van der Waals surface area contributed by atoms with Crippen LogP contribution in [0.1, 0.15) is 0 Å². The van der Waals surface area contributed by atoms with Crippen molar-refractivity contribution in [1.82, 2.24) is 0 Å². The largest absolute Gasteiger partial charge is 0.508 e. The van der Waals surface area contributed by atoms with Gasteiger partial charge in [0, 0.05) is 25.4 Å². The quantitative estimate of drug-likeness (QED) is 0.680. The summed E-state index contributed by atoms with van der Waals surface area (Å²) in [6.07, 6.45) is 0. The van der Waals surface area contributed by atoms with Crippen LogP contribution in [0, 0.1) is 0 Å². The Hall–Kier alpha value is -0.555. The van der Waals surface area contributed by atoms with Gasteiger partial charge < -0.3 is 15.2 Å². The van der Waals surface area contributed by atoms with E-state index in [2.05, 4.69) is 15.9 Å². The molecule has 1 aromatic carbocycles. The van der Waals surface area contributed by atoms with Crippen LogP contribution in [0.15, 0.2) is 22.0 Å². The normalized spacial score (nSPS) is 10.8. The van der Waals surface area contributed by atoms with Crippen molar-refractivity contribution >= 4 is 49.9 Å². The Morgan fingerprint density at radius 1 is 1.29 bits per heavy atom. The zero-order chi connectivity index (χ0) is 10.3. The first-order chi connectivity index (χ1) is 6.59. The van der Waals surface area contributed by atoms with Gasteiger partial charge in [0.25, 0.3) is 0 Å². The van der Waals surface area contributed by atoms with Crippen LogP contribution in [0.3, 0.4) is 0 Å². The third-order valence-electron chi connectivity index (χ3n) is 1.92. The lowest BCUT2D eigenvalue weighted by atomic mass is 9.80. The molecule has 0 amide bonds. The summed E-state index contributed by atoms with van der Waals surface area (Å²) in [5.74, 6) is 0.0275. The molecule has 2 rings (SSSR count). The fourth-order valence-electron chi connectivity index (χ4n) is 1.31. The van der Waals surface area contributed by atoms with E-state index in [1.54, 1.807) is 6.07 Å². The Morgan fingerprint density at radius 2 is 2.00 bits per heavy atom. The molecular weight excluding hydrogens is 267 g/mol. The Labute approximate surface area is 92.9 Å². The predicted molar refractivity (Wildman–Crippen MR) is 61.0 cm³/mol. The molecule has 1 aromatic heterocycles. The molecule has 0 aliphatic heterocycles. The number of benzene rings is 1. The Kier molecular flexibility index (Phi) is 2.53. The monoisotopic (exact) mass is 272 g/mol. The summed E-state index contributed by atoms with van der Waals surface area (Å²) >= 11 is 4.72. The maximum atomic E-state index is 9.36. The van der Waals surface area contributed by atoms with Crippen molar-refractivity contribution in [3.8, 4) is 5.75 Å². The number of halogens is 1. The SMILES string of the molecule is OB(O)c1cc(O)cc2c(Br)csc12. The molecule has 3 N–H and O–H groups in total. The molecular formula is C8H6BBrO3S. The van der Waals surface area contributed by atoms with Crippen molar-refractivity contribution in [2.75, 3.05) is 0 Å². The summed E-state index contributed by atoms with van der Waals surface area (Å²) in [4.78, 5) is 0. The second kappa shape index (κ2) is 3.54. The van der Waals surface area contributed by atoms with E-state index < -0.39 is 7.12 Å². The highest BCUT2D eigenvalue weighted by atomic mass is 79.9. The Balaban J connectivity index is 2.82. The number of hydrogen-bond acceptors (Lipinski definition) is 4.